The van der Waals surface area contributed by atoms with E-state index in [4.69, 9.17) is 16.0 Å². The van der Waals surface area contributed by atoms with Crippen LogP contribution in [0, 0.1) is 12.7 Å². The summed E-state index contributed by atoms with van der Waals surface area (Å²) in [7, 11) is 0. The quantitative estimate of drug-likeness (QED) is 0.629. The van der Waals surface area contributed by atoms with Crippen molar-refractivity contribution in [1.82, 2.24) is 0 Å². The Hall–Kier alpha value is -1.35. The van der Waals surface area contributed by atoms with Crippen LogP contribution in [0.25, 0.3) is 11.0 Å². The van der Waals surface area contributed by atoms with Crippen molar-refractivity contribution in [3.63, 3.8) is 0 Å². The van der Waals surface area contributed by atoms with Crippen molar-refractivity contribution >= 4 is 22.6 Å². The maximum atomic E-state index is 12.9. The Morgan fingerprint density at radius 1 is 1.43 bits per heavy atom. The SMILES string of the molecule is Cc1c(Cl)c(=O)oc2ccc(F)cc12. The van der Waals surface area contributed by atoms with Crippen molar-refractivity contribution in [3.8, 4) is 0 Å². The van der Waals surface area contributed by atoms with E-state index in [2.05, 4.69) is 0 Å². The average molecular weight is 213 g/mol. The topological polar surface area (TPSA) is 30.2 Å². The van der Waals surface area contributed by atoms with Crippen LogP contribution in [-0.2, 0) is 0 Å². The Kier molecular flexibility index (Phi) is 2.04. The van der Waals surface area contributed by atoms with Crippen LogP contribution < -0.4 is 5.63 Å². The molecule has 0 spiro atoms. The summed E-state index contributed by atoms with van der Waals surface area (Å²) in [4.78, 5) is 11.1. The Morgan fingerprint density at radius 3 is 2.86 bits per heavy atom. The molecule has 1 aromatic carbocycles. The summed E-state index contributed by atoms with van der Waals surface area (Å²) in [5.41, 5.74) is 0.291. The van der Waals surface area contributed by atoms with Crippen LogP contribution in [0.5, 0.6) is 0 Å². The predicted octanol–water partition coefficient (Wildman–Crippen LogP) is 2.89. The van der Waals surface area contributed by atoms with Gasteiger partial charge in [0.2, 0.25) is 0 Å². The first kappa shape index (κ1) is 9.21. The molecule has 0 amide bonds. The molecule has 72 valence electrons. The molecule has 1 aromatic heterocycles. The van der Waals surface area contributed by atoms with Gasteiger partial charge in [0.15, 0.2) is 0 Å². The van der Waals surface area contributed by atoms with Gasteiger partial charge < -0.3 is 4.42 Å². The molecule has 0 radical (unpaired) electrons. The fraction of sp³-hybridized carbons (Fsp3) is 0.100. The molecule has 4 heteroatoms. The predicted molar refractivity (Wildman–Crippen MR) is 52.2 cm³/mol. The van der Waals surface area contributed by atoms with Gasteiger partial charge in [-0.1, -0.05) is 11.6 Å². The summed E-state index contributed by atoms with van der Waals surface area (Å²) in [6, 6.07) is 3.94. The summed E-state index contributed by atoms with van der Waals surface area (Å²) in [5.74, 6) is -0.384. The largest absolute Gasteiger partial charge is 0.422 e. The zero-order chi connectivity index (χ0) is 10.3. The molecule has 0 aliphatic carbocycles. The third kappa shape index (κ3) is 1.30. The summed E-state index contributed by atoms with van der Waals surface area (Å²) in [5, 5.41) is 0.526. The number of rotatable bonds is 0. The third-order valence-corrected chi connectivity index (χ3v) is 2.49. The van der Waals surface area contributed by atoms with E-state index < -0.39 is 5.63 Å². The van der Waals surface area contributed by atoms with E-state index >= 15 is 0 Å². The standard InChI is InChI=1S/C10H6ClFO2/c1-5-7-4-6(12)2-3-8(7)14-10(13)9(5)11/h2-4H,1H3. The molecule has 14 heavy (non-hydrogen) atoms. The number of benzene rings is 1. The Labute approximate surface area is 83.9 Å². The minimum Gasteiger partial charge on any atom is -0.422 e. The molecule has 1 heterocycles. The first-order valence-corrected chi connectivity index (χ1v) is 4.36. The van der Waals surface area contributed by atoms with E-state index in [1.54, 1.807) is 6.92 Å². The van der Waals surface area contributed by atoms with Crippen LogP contribution in [0.3, 0.4) is 0 Å². The van der Waals surface area contributed by atoms with E-state index in [0.717, 1.165) is 0 Å². The average Bonchev–Trinajstić information content (AvgIpc) is 2.16. The molecule has 0 atom stereocenters. The number of aryl methyl sites for hydroxylation is 1. The lowest BCUT2D eigenvalue weighted by atomic mass is 10.1. The molecule has 0 unspecified atom stereocenters. The van der Waals surface area contributed by atoms with Crippen LogP contribution in [0.4, 0.5) is 4.39 Å². The summed E-state index contributed by atoms with van der Waals surface area (Å²) in [6.07, 6.45) is 0. The second kappa shape index (κ2) is 3.10. The van der Waals surface area contributed by atoms with Gasteiger partial charge in [-0.05, 0) is 30.7 Å². The number of fused-ring (bicyclic) bond motifs is 1. The van der Waals surface area contributed by atoms with E-state index in [1.165, 1.54) is 18.2 Å². The van der Waals surface area contributed by atoms with Gasteiger partial charge in [0.25, 0.3) is 0 Å². The minimum atomic E-state index is -0.594. The molecule has 0 fully saturated rings. The smallest absolute Gasteiger partial charge is 0.355 e. The fourth-order valence-electron chi connectivity index (χ4n) is 1.30. The molecule has 0 aliphatic rings. The molecule has 0 bridgehead atoms. The minimum absolute atomic E-state index is 0.00287. The molecular formula is C10H6ClFO2. The van der Waals surface area contributed by atoms with Crippen molar-refractivity contribution in [2.75, 3.05) is 0 Å². The van der Waals surface area contributed by atoms with Crippen molar-refractivity contribution in [3.05, 3.63) is 45.0 Å². The molecule has 0 N–H and O–H groups in total. The normalized spacial score (nSPS) is 10.8. The van der Waals surface area contributed by atoms with E-state index in [0.29, 0.717) is 16.5 Å². The van der Waals surface area contributed by atoms with Crippen molar-refractivity contribution in [2.45, 2.75) is 6.92 Å². The summed E-state index contributed by atoms with van der Waals surface area (Å²) in [6.45, 7) is 1.65. The van der Waals surface area contributed by atoms with Gasteiger partial charge in [0.1, 0.15) is 16.4 Å². The van der Waals surface area contributed by atoms with Gasteiger partial charge in [0.05, 0.1) is 0 Å². The van der Waals surface area contributed by atoms with Gasteiger partial charge in [-0.2, -0.15) is 0 Å². The maximum absolute atomic E-state index is 12.9. The Bertz CT molecular complexity index is 560. The molecular weight excluding hydrogens is 207 g/mol. The van der Waals surface area contributed by atoms with Crippen LogP contribution in [0.2, 0.25) is 5.02 Å². The van der Waals surface area contributed by atoms with Crippen LogP contribution in [-0.4, -0.2) is 0 Å². The van der Waals surface area contributed by atoms with E-state index in [-0.39, 0.29) is 10.8 Å². The first-order chi connectivity index (χ1) is 6.59. The van der Waals surface area contributed by atoms with Crippen molar-refractivity contribution in [2.24, 2.45) is 0 Å². The highest BCUT2D eigenvalue weighted by Crippen LogP contribution is 2.22. The summed E-state index contributed by atoms with van der Waals surface area (Å²) >= 11 is 5.68. The first-order valence-electron chi connectivity index (χ1n) is 3.98. The number of hydrogen-bond acceptors (Lipinski definition) is 2. The zero-order valence-electron chi connectivity index (χ0n) is 7.30. The highest BCUT2D eigenvalue weighted by Gasteiger charge is 2.09. The molecule has 0 saturated carbocycles. The molecule has 0 aliphatic heterocycles. The molecule has 2 rings (SSSR count). The van der Waals surface area contributed by atoms with Crippen molar-refractivity contribution < 1.29 is 8.81 Å². The second-order valence-electron chi connectivity index (χ2n) is 2.97. The summed E-state index contributed by atoms with van der Waals surface area (Å²) < 4.78 is 17.8. The van der Waals surface area contributed by atoms with Gasteiger partial charge in [0, 0.05) is 5.39 Å². The second-order valence-corrected chi connectivity index (χ2v) is 3.35. The fourth-order valence-corrected chi connectivity index (χ4v) is 1.44. The lowest BCUT2D eigenvalue weighted by Crippen LogP contribution is -2.01. The molecule has 0 saturated heterocycles. The monoisotopic (exact) mass is 212 g/mol. The zero-order valence-corrected chi connectivity index (χ0v) is 8.06. The maximum Gasteiger partial charge on any atom is 0.355 e. The number of hydrogen-bond donors (Lipinski definition) is 0. The van der Waals surface area contributed by atoms with E-state index in [9.17, 15) is 9.18 Å². The van der Waals surface area contributed by atoms with Gasteiger partial charge in [-0.15, -0.1) is 0 Å². The lowest BCUT2D eigenvalue weighted by molar-refractivity contribution is 0.557. The third-order valence-electron chi connectivity index (χ3n) is 2.06. The van der Waals surface area contributed by atoms with E-state index in [1.807, 2.05) is 0 Å². The van der Waals surface area contributed by atoms with Gasteiger partial charge in [-0.3, -0.25) is 0 Å². The van der Waals surface area contributed by atoms with Crippen LogP contribution >= 0.6 is 11.6 Å². The van der Waals surface area contributed by atoms with Crippen LogP contribution in [0.15, 0.2) is 27.4 Å². The van der Waals surface area contributed by atoms with Gasteiger partial charge >= 0.3 is 5.63 Å². The van der Waals surface area contributed by atoms with Crippen LogP contribution in [0.1, 0.15) is 5.56 Å². The van der Waals surface area contributed by atoms with Crippen molar-refractivity contribution in [1.29, 1.82) is 0 Å². The molecule has 2 nitrogen and oxygen atoms in total. The molecule has 2 aromatic rings. The highest BCUT2D eigenvalue weighted by atomic mass is 35.5. The Balaban J connectivity index is 2.99. The highest BCUT2D eigenvalue weighted by molar-refractivity contribution is 6.31. The Morgan fingerprint density at radius 2 is 2.14 bits per heavy atom. The lowest BCUT2D eigenvalue weighted by Gasteiger charge is -2.01. The number of halogens is 2. The van der Waals surface area contributed by atoms with Gasteiger partial charge in [-0.25, -0.2) is 9.18 Å².